The molecular formula is C18H23ClFIN4O. The van der Waals surface area contributed by atoms with E-state index < -0.39 is 0 Å². The van der Waals surface area contributed by atoms with Crippen LogP contribution in [0.4, 0.5) is 10.1 Å². The molecule has 1 atom stereocenters. The van der Waals surface area contributed by atoms with E-state index in [0.717, 1.165) is 11.3 Å². The molecule has 26 heavy (non-hydrogen) atoms. The summed E-state index contributed by atoms with van der Waals surface area (Å²) in [5, 5.41) is 3.48. The fourth-order valence-electron chi connectivity index (χ4n) is 2.37. The average molecular weight is 493 g/mol. The van der Waals surface area contributed by atoms with Crippen molar-refractivity contribution >= 4 is 47.2 Å². The van der Waals surface area contributed by atoms with E-state index in [4.69, 9.17) is 22.1 Å². The molecule has 0 spiro atoms. The van der Waals surface area contributed by atoms with Gasteiger partial charge in [0.15, 0.2) is 5.96 Å². The van der Waals surface area contributed by atoms with E-state index in [0.29, 0.717) is 17.3 Å². The summed E-state index contributed by atoms with van der Waals surface area (Å²) in [5.41, 5.74) is 7.65. The molecule has 8 heteroatoms. The molecule has 142 valence electrons. The third kappa shape index (κ3) is 6.30. The molecule has 0 aromatic heterocycles. The van der Waals surface area contributed by atoms with Gasteiger partial charge in [0.25, 0.3) is 0 Å². The Morgan fingerprint density at radius 2 is 1.92 bits per heavy atom. The quantitative estimate of drug-likeness (QED) is 0.362. The highest BCUT2D eigenvalue weighted by Crippen LogP contribution is 2.27. The first-order valence-electron chi connectivity index (χ1n) is 7.73. The molecule has 0 saturated heterocycles. The summed E-state index contributed by atoms with van der Waals surface area (Å²) >= 11 is 6.09. The zero-order valence-corrected chi connectivity index (χ0v) is 18.0. The molecule has 2 rings (SSSR count). The van der Waals surface area contributed by atoms with E-state index in [1.807, 2.05) is 19.0 Å². The van der Waals surface area contributed by atoms with Crippen LogP contribution in [-0.4, -0.2) is 38.6 Å². The maximum atomic E-state index is 13.1. The van der Waals surface area contributed by atoms with Gasteiger partial charge in [-0.2, -0.15) is 0 Å². The predicted octanol–water partition coefficient (Wildman–Crippen LogP) is 4.14. The SMILES string of the molecule is COc1ccc(NC(N)=NCC(c2ccc(F)cc2)N(C)C)cc1Cl.I. The summed E-state index contributed by atoms with van der Waals surface area (Å²) in [6, 6.07) is 11.6. The molecule has 2 aromatic rings. The number of benzene rings is 2. The number of methoxy groups -OCH3 is 1. The molecule has 0 aliphatic carbocycles. The average Bonchev–Trinajstić information content (AvgIpc) is 2.56. The van der Waals surface area contributed by atoms with Crippen molar-refractivity contribution in [3.05, 3.63) is 58.9 Å². The van der Waals surface area contributed by atoms with Crippen molar-refractivity contribution in [1.29, 1.82) is 0 Å². The molecule has 5 nitrogen and oxygen atoms in total. The van der Waals surface area contributed by atoms with Gasteiger partial charge in [0.05, 0.1) is 24.7 Å². The fraction of sp³-hybridized carbons (Fsp3) is 0.278. The topological polar surface area (TPSA) is 62.9 Å². The Morgan fingerprint density at radius 3 is 2.46 bits per heavy atom. The molecule has 0 radical (unpaired) electrons. The number of nitrogens with zero attached hydrogens (tertiary/aromatic N) is 2. The third-order valence-electron chi connectivity index (χ3n) is 3.74. The lowest BCUT2D eigenvalue weighted by atomic mass is 10.1. The number of nitrogens with two attached hydrogens (primary N) is 1. The van der Waals surface area contributed by atoms with Gasteiger partial charge in [0, 0.05) is 5.69 Å². The summed E-state index contributed by atoms with van der Waals surface area (Å²) in [7, 11) is 5.44. The van der Waals surface area contributed by atoms with Crippen LogP contribution in [0.3, 0.4) is 0 Å². The number of aliphatic imine (C=N–C) groups is 1. The number of halogens is 3. The number of hydrogen-bond acceptors (Lipinski definition) is 3. The maximum Gasteiger partial charge on any atom is 0.193 e. The van der Waals surface area contributed by atoms with Gasteiger partial charge in [-0.25, -0.2) is 4.39 Å². The van der Waals surface area contributed by atoms with E-state index in [2.05, 4.69) is 10.3 Å². The zero-order chi connectivity index (χ0) is 18.4. The van der Waals surface area contributed by atoms with Crippen molar-refractivity contribution in [2.45, 2.75) is 6.04 Å². The van der Waals surface area contributed by atoms with E-state index in [1.165, 1.54) is 12.1 Å². The van der Waals surface area contributed by atoms with Gasteiger partial charge >= 0.3 is 0 Å². The molecule has 0 saturated carbocycles. The predicted molar refractivity (Wildman–Crippen MR) is 116 cm³/mol. The number of likely N-dealkylation sites (N-methyl/N-ethyl adjacent to an activating group) is 1. The lowest BCUT2D eigenvalue weighted by Crippen LogP contribution is -2.27. The van der Waals surface area contributed by atoms with Crippen molar-refractivity contribution in [3.8, 4) is 5.75 Å². The molecule has 0 aliphatic rings. The normalized spacial score (nSPS) is 12.5. The van der Waals surface area contributed by atoms with Crippen LogP contribution < -0.4 is 15.8 Å². The number of rotatable bonds is 6. The standard InChI is InChI=1S/C18H22ClFN4O.HI/c1-24(2)16(12-4-6-13(20)7-5-12)11-22-18(21)23-14-8-9-17(25-3)15(19)10-14;/h4-10,16H,11H2,1-3H3,(H3,21,22,23);1H. The molecule has 0 bridgehead atoms. The Balaban J connectivity index is 0.00000338. The lowest BCUT2D eigenvalue weighted by Gasteiger charge is -2.23. The van der Waals surface area contributed by atoms with Gasteiger partial charge in [0.1, 0.15) is 11.6 Å². The summed E-state index contributed by atoms with van der Waals surface area (Å²) in [6.45, 7) is 0.432. The first kappa shape index (κ1) is 22.5. The number of hydrogen-bond donors (Lipinski definition) is 2. The van der Waals surface area contributed by atoms with Crippen molar-refractivity contribution in [1.82, 2.24) is 4.90 Å². The van der Waals surface area contributed by atoms with Crippen LogP contribution in [0.25, 0.3) is 0 Å². The number of anilines is 1. The largest absolute Gasteiger partial charge is 0.495 e. The molecule has 0 aliphatic heterocycles. The molecule has 1 unspecified atom stereocenters. The number of nitrogens with one attached hydrogen (secondary N) is 1. The van der Waals surface area contributed by atoms with Gasteiger partial charge < -0.3 is 20.7 Å². The summed E-state index contributed by atoms with van der Waals surface area (Å²) in [6.07, 6.45) is 0. The minimum atomic E-state index is -0.262. The summed E-state index contributed by atoms with van der Waals surface area (Å²) in [5.74, 6) is 0.601. The monoisotopic (exact) mass is 492 g/mol. The van der Waals surface area contributed by atoms with E-state index >= 15 is 0 Å². The zero-order valence-electron chi connectivity index (χ0n) is 14.9. The molecule has 2 aromatic carbocycles. The first-order valence-corrected chi connectivity index (χ1v) is 8.11. The van der Waals surface area contributed by atoms with Crippen molar-refractivity contribution in [2.24, 2.45) is 10.7 Å². The highest BCUT2D eigenvalue weighted by molar-refractivity contribution is 14.0. The van der Waals surface area contributed by atoms with E-state index in [9.17, 15) is 4.39 Å². The minimum Gasteiger partial charge on any atom is -0.495 e. The van der Waals surface area contributed by atoms with Crippen molar-refractivity contribution in [2.75, 3.05) is 33.1 Å². The highest BCUT2D eigenvalue weighted by Gasteiger charge is 2.14. The van der Waals surface area contributed by atoms with Crippen LogP contribution in [-0.2, 0) is 0 Å². The summed E-state index contributed by atoms with van der Waals surface area (Å²) < 4.78 is 18.2. The number of guanidine groups is 1. The second kappa shape index (κ2) is 10.5. The molecule has 3 N–H and O–H groups in total. The molecule has 0 fully saturated rings. The van der Waals surface area contributed by atoms with Crippen molar-refractivity contribution in [3.63, 3.8) is 0 Å². The Bertz CT molecular complexity index is 740. The Hall–Kier alpha value is -1.58. The maximum absolute atomic E-state index is 13.1. The minimum absolute atomic E-state index is 0. The number of ether oxygens (including phenoxy) is 1. The van der Waals surface area contributed by atoms with Crippen LogP contribution in [0.15, 0.2) is 47.5 Å². The lowest BCUT2D eigenvalue weighted by molar-refractivity contribution is 0.306. The van der Waals surface area contributed by atoms with Gasteiger partial charge in [-0.05, 0) is 50.0 Å². The molecule has 0 heterocycles. The fourth-order valence-corrected chi connectivity index (χ4v) is 2.63. The Kier molecular flexibility index (Phi) is 9.11. The van der Waals surface area contributed by atoms with Gasteiger partial charge in [-0.3, -0.25) is 4.99 Å². The summed E-state index contributed by atoms with van der Waals surface area (Å²) in [4.78, 5) is 6.39. The third-order valence-corrected chi connectivity index (χ3v) is 4.03. The second-order valence-electron chi connectivity index (χ2n) is 5.73. The van der Waals surface area contributed by atoms with Gasteiger partial charge in [-0.1, -0.05) is 23.7 Å². The first-order chi connectivity index (χ1) is 11.9. The Morgan fingerprint density at radius 1 is 1.27 bits per heavy atom. The highest BCUT2D eigenvalue weighted by atomic mass is 127. The van der Waals surface area contributed by atoms with Crippen LogP contribution in [0.2, 0.25) is 5.02 Å². The van der Waals surface area contributed by atoms with Crippen LogP contribution in [0, 0.1) is 5.82 Å². The van der Waals surface area contributed by atoms with E-state index in [-0.39, 0.29) is 41.8 Å². The molecule has 0 amide bonds. The van der Waals surface area contributed by atoms with Crippen LogP contribution in [0.1, 0.15) is 11.6 Å². The van der Waals surface area contributed by atoms with Gasteiger partial charge in [-0.15, -0.1) is 24.0 Å². The second-order valence-corrected chi connectivity index (χ2v) is 6.14. The van der Waals surface area contributed by atoms with Crippen molar-refractivity contribution < 1.29 is 9.13 Å². The molecular weight excluding hydrogens is 470 g/mol. The smallest absolute Gasteiger partial charge is 0.193 e. The van der Waals surface area contributed by atoms with E-state index in [1.54, 1.807) is 37.4 Å². The Labute approximate surface area is 175 Å². The van der Waals surface area contributed by atoms with Crippen LogP contribution >= 0.6 is 35.6 Å². The van der Waals surface area contributed by atoms with Gasteiger partial charge in [0.2, 0.25) is 0 Å². The van der Waals surface area contributed by atoms with Crippen LogP contribution in [0.5, 0.6) is 5.75 Å².